The first-order valence-corrected chi connectivity index (χ1v) is 17.1. The molecule has 2 fully saturated rings. The second-order valence-electron chi connectivity index (χ2n) is 14.2. The molecule has 3 aromatic rings. The SMILES string of the molecule is CNCc1ccccc1CN(CC(=O)Nc1ccc2c(c1)C[C@@]1(C2)C(=O)Nc2ncccc21)C(=O)C1(CC2CC2)CCN(C(C)=O)CC1. The summed E-state index contributed by atoms with van der Waals surface area (Å²) in [6, 6.07) is 17.7. The summed E-state index contributed by atoms with van der Waals surface area (Å²) in [6.45, 7) is 3.59. The molecule has 10 heteroatoms. The highest BCUT2D eigenvalue weighted by Gasteiger charge is 2.51. The van der Waals surface area contributed by atoms with Gasteiger partial charge in [0.05, 0.1) is 10.8 Å². The molecule has 4 amide bonds. The Morgan fingerprint density at radius 2 is 1.75 bits per heavy atom. The number of pyridine rings is 1. The number of nitrogens with one attached hydrogen (secondary N) is 3. The minimum Gasteiger partial charge on any atom is -0.343 e. The summed E-state index contributed by atoms with van der Waals surface area (Å²) in [4.78, 5) is 61.8. The van der Waals surface area contributed by atoms with Crippen LogP contribution in [0.5, 0.6) is 0 Å². The van der Waals surface area contributed by atoms with Gasteiger partial charge in [-0.1, -0.05) is 49.2 Å². The van der Waals surface area contributed by atoms with Gasteiger partial charge in [-0.25, -0.2) is 4.98 Å². The smallest absolute Gasteiger partial charge is 0.244 e. The van der Waals surface area contributed by atoms with Crippen LogP contribution in [0.15, 0.2) is 60.8 Å². The Morgan fingerprint density at radius 1 is 1.00 bits per heavy atom. The van der Waals surface area contributed by atoms with E-state index in [1.165, 1.54) is 0 Å². The topological polar surface area (TPSA) is 124 Å². The van der Waals surface area contributed by atoms with E-state index in [9.17, 15) is 19.2 Å². The number of hydrogen-bond acceptors (Lipinski definition) is 6. The van der Waals surface area contributed by atoms with Gasteiger partial charge in [-0.15, -0.1) is 0 Å². The minimum atomic E-state index is -0.688. The minimum absolute atomic E-state index is 0.00225. The third kappa shape index (κ3) is 6.09. The lowest BCUT2D eigenvalue weighted by molar-refractivity contribution is -0.150. The summed E-state index contributed by atoms with van der Waals surface area (Å²) < 4.78 is 0. The lowest BCUT2D eigenvalue weighted by atomic mass is 9.73. The number of hydrogen-bond donors (Lipinski definition) is 3. The molecule has 1 atom stereocenters. The molecule has 1 aromatic heterocycles. The maximum atomic E-state index is 14.7. The quantitative estimate of drug-likeness (QED) is 0.303. The fourth-order valence-corrected chi connectivity index (χ4v) is 8.16. The Labute approximate surface area is 281 Å². The van der Waals surface area contributed by atoms with Gasteiger partial charge in [0.25, 0.3) is 0 Å². The highest BCUT2D eigenvalue weighted by Crippen LogP contribution is 2.48. The van der Waals surface area contributed by atoms with E-state index in [0.29, 0.717) is 69.3 Å². The largest absolute Gasteiger partial charge is 0.343 e. The van der Waals surface area contributed by atoms with Crippen molar-refractivity contribution in [2.45, 2.75) is 70.4 Å². The number of carbonyl (C=O) groups excluding carboxylic acids is 4. The average Bonchev–Trinajstić information content (AvgIpc) is 3.74. The molecule has 0 bridgehead atoms. The number of benzene rings is 2. The van der Waals surface area contributed by atoms with Crippen LogP contribution >= 0.6 is 0 Å². The normalized spacial score (nSPS) is 20.6. The zero-order chi connectivity index (χ0) is 33.5. The molecule has 2 aromatic carbocycles. The van der Waals surface area contributed by atoms with Crippen molar-refractivity contribution >= 4 is 35.1 Å². The Balaban J connectivity index is 1.12. The van der Waals surface area contributed by atoms with Crippen LogP contribution in [0.25, 0.3) is 0 Å². The van der Waals surface area contributed by atoms with Crippen molar-refractivity contribution in [3.63, 3.8) is 0 Å². The summed E-state index contributed by atoms with van der Waals surface area (Å²) in [7, 11) is 1.90. The van der Waals surface area contributed by atoms with Gasteiger partial charge >= 0.3 is 0 Å². The summed E-state index contributed by atoms with van der Waals surface area (Å²) in [5.41, 5.74) is 4.46. The molecule has 4 aliphatic rings. The second-order valence-corrected chi connectivity index (χ2v) is 14.2. The third-order valence-electron chi connectivity index (χ3n) is 10.9. The Kier molecular flexibility index (Phi) is 8.53. The van der Waals surface area contributed by atoms with Crippen LogP contribution in [-0.2, 0) is 50.5 Å². The van der Waals surface area contributed by atoms with Gasteiger partial charge < -0.3 is 25.8 Å². The number of anilines is 2. The molecule has 1 saturated carbocycles. The van der Waals surface area contributed by atoms with Crippen LogP contribution in [0.2, 0.25) is 0 Å². The Hall–Kier alpha value is -4.57. The van der Waals surface area contributed by atoms with Crippen LogP contribution in [0, 0.1) is 11.3 Å². The molecule has 250 valence electrons. The number of carbonyl (C=O) groups is 4. The number of fused-ring (bicyclic) bond motifs is 3. The molecule has 7 rings (SSSR count). The molecule has 2 aliphatic carbocycles. The molecule has 1 spiro atoms. The van der Waals surface area contributed by atoms with E-state index >= 15 is 0 Å². The van der Waals surface area contributed by atoms with Gasteiger partial charge in [0.1, 0.15) is 12.4 Å². The second kappa shape index (κ2) is 12.8. The average molecular weight is 649 g/mol. The lowest BCUT2D eigenvalue weighted by Gasteiger charge is -2.43. The van der Waals surface area contributed by atoms with Crippen LogP contribution < -0.4 is 16.0 Å². The number of aromatic nitrogens is 1. The van der Waals surface area contributed by atoms with E-state index in [1.54, 1.807) is 18.0 Å². The molecule has 3 heterocycles. The van der Waals surface area contributed by atoms with Gasteiger partial charge in [0.15, 0.2) is 0 Å². The van der Waals surface area contributed by atoms with Gasteiger partial charge in [-0.2, -0.15) is 0 Å². The number of nitrogens with zero attached hydrogens (tertiary/aromatic N) is 3. The Bertz CT molecular complexity index is 1760. The van der Waals surface area contributed by atoms with Crippen molar-refractivity contribution in [3.8, 4) is 0 Å². The highest BCUT2D eigenvalue weighted by atomic mass is 16.2. The van der Waals surface area contributed by atoms with Crippen molar-refractivity contribution < 1.29 is 19.2 Å². The van der Waals surface area contributed by atoms with E-state index < -0.39 is 10.8 Å². The van der Waals surface area contributed by atoms with Crippen LogP contribution in [0.3, 0.4) is 0 Å². The van der Waals surface area contributed by atoms with Crippen molar-refractivity contribution in [2.75, 3.05) is 37.3 Å². The predicted molar refractivity (Wildman–Crippen MR) is 183 cm³/mol. The Morgan fingerprint density at radius 3 is 2.48 bits per heavy atom. The van der Waals surface area contributed by atoms with Crippen LogP contribution in [-0.4, -0.2) is 65.1 Å². The van der Waals surface area contributed by atoms with Crippen molar-refractivity contribution in [3.05, 3.63) is 88.6 Å². The van der Waals surface area contributed by atoms with E-state index in [1.807, 2.05) is 60.5 Å². The summed E-state index contributed by atoms with van der Waals surface area (Å²) in [6.07, 6.45) is 7.06. The number of rotatable bonds is 10. The first kappa shape index (κ1) is 32.0. The molecular formula is C38H44N6O4. The molecule has 0 unspecified atom stereocenters. The van der Waals surface area contributed by atoms with Gasteiger partial charge in [-0.3, -0.25) is 19.2 Å². The van der Waals surface area contributed by atoms with E-state index in [2.05, 4.69) is 27.0 Å². The van der Waals surface area contributed by atoms with Crippen molar-refractivity contribution in [2.24, 2.45) is 11.3 Å². The monoisotopic (exact) mass is 648 g/mol. The maximum absolute atomic E-state index is 14.7. The van der Waals surface area contributed by atoms with Gasteiger partial charge in [0.2, 0.25) is 23.6 Å². The van der Waals surface area contributed by atoms with Crippen molar-refractivity contribution in [1.82, 2.24) is 20.1 Å². The molecule has 3 N–H and O–H groups in total. The maximum Gasteiger partial charge on any atom is 0.244 e. The first-order valence-electron chi connectivity index (χ1n) is 17.1. The highest BCUT2D eigenvalue weighted by molar-refractivity contribution is 6.06. The van der Waals surface area contributed by atoms with Gasteiger partial charge in [0, 0.05) is 50.6 Å². The lowest BCUT2D eigenvalue weighted by Crippen LogP contribution is -2.52. The zero-order valence-corrected chi connectivity index (χ0v) is 27.8. The summed E-state index contributed by atoms with van der Waals surface area (Å²) in [5, 5.41) is 9.24. The number of amides is 4. The van der Waals surface area contributed by atoms with E-state index in [-0.39, 0.29) is 30.2 Å². The van der Waals surface area contributed by atoms with E-state index in [4.69, 9.17) is 0 Å². The number of piperidine rings is 1. The fraction of sp³-hybridized carbons (Fsp3) is 0.447. The molecule has 2 aliphatic heterocycles. The first-order chi connectivity index (χ1) is 23.2. The molecule has 1 saturated heterocycles. The van der Waals surface area contributed by atoms with Crippen LogP contribution in [0.1, 0.15) is 66.8 Å². The molecular weight excluding hydrogens is 604 g/mol. The third-order valence-corrected chi connectivity index (χ3v) is 10.9. The van der Waals surface area contributed by atoms with Crippen LogP contribution in [0.4, 0.5) is 11.5 Å². The predicted octanol–water partition coefficient (Wildman–Crippen LogP) is 4.19. The summed E-state index contributed by atoms with van der Waals surface area (Å²) >= 11 is 0. The van der Waals surface area contributed by atoms with Gasteiger partial charge in [-0.05, 0) is 85.5 Å². The molecule has 48 heavy (non-hydrogen) atoms. The molecule has 0 radical (unpaired) electrons. The van der Waals surface area contributed by atoms with Crippen molar-refractivity contribution in [1.29, 1.82) is 0 Å². The zero-order valence-electron chi connectivity index (χ0n) is 27.8. The summed E-state index contributed by atoms with van der Waals surface area (Å²) in [5.74, 6) is 0.871. The van der Waals surface area contributed by atoms with E-state index in [0.717, 1.165) is 47.1 Å². The molecule has 10 nitrogen and oxygen atoms in total. The standard InChI is InChI=1S/C38H44N6O4/c1-25(45)43-16-13-37(14-17-43,19-26-9-10-26)36(48)44(23-29-7-4-3-6-28(29)22-39-2)24-33(46)41-31-12-11-27-20-38(21-30(27)18-31)32-8-5-15-40-34(32)42-35(38)47/h3-8,11-12,15,18,26,39H,9-10,13-14,16-17,19-24H2,1-2H3,(H,41,46)(H,40,42,47)/t38-/m1/s1. The number of likely N-dealkylation sites (tertiary alicyclic amines) is 1. The fourth-order valence-electron chi connectivity index (χ4n) is 8.16.